The van der Waals surface area contributed by atoms with Gasteiger partial charge in [0.25, 0.3) is 0 Å². The molecule has 0 radical (unpaired) electrons. The Morgan fingerprint density at radius 3 is 3.00 bits per heavy atom. The number of hydrogen-bond acceptors (Lipinski definition) is 4. The second kappa shape index (κ2) is 7.49. The molecule has 0 spiro atoms. The van der Waals surface area contributed by atoms with E-state index in [4.69, 9.17) is 15.7 Å². The van der Waals surface area contributed by atoms with E-state index in [9.17, 15) is 0 Å². The average Bonchev–Trinajstić information content (AvgIpc) is 2.38. The third kappa shape index (κ3) is 4.72. The van der Waals surface area contributed by atoms with E-state index >= 15 is 0 Å². The standard InChI is InChI=1S/C12H19N3O2/c1-2-3-4-5-8-17-11-9-10(6-7-14-11)12(13)15-16/h6-7,9,16H,2-5,8H2,1H3,(H2,13,15). The third-order valence-electron chi connectivity index (χ3n) is 2.39. The Labute approximate surface area is 101 Å². The Kier molecular flexibility index (Phi) is 5.85. The molecule has 0 amide bonds. The van der Waals surface area contributed by atoms with Gasteiger partial charge in [-0.05, 0) is 12.5 Å². The van der Waals surface area contributed by atoms with Gasteiger partial charge in [0.2, 0.25) is 5.88 Å². The highest BCUT2D eigenvalue weighted by Crippen LogP contribution is 2.10. The number of hydrogen-bond donors (Lipinski definition) is 2. The van der Waals surface area contributed by atoms with E-state index in [0.717, 1.165) is 12.8 Å². The summed E-state index contributed by atoms with van der Waals surface area (Å²) in [6.07, 6.45) is 6.19. The molecule has 1 aromatic rings. The van der Waals surface area contributed by atoms with Gasteiger partial charge in [0.05, 0.1) is 6.61 Å². The van der Waals surface area contributed by atoms with Crippen LogP contribution in [0.5, 0.6) is 5.88 Å². The van der Waals surface area contributed by atoms with Crippen LogP contribution in [0.3, 0.4) is 0 Å². The smallest absolute Gasteiger partial charge is 0.213 e. The average molecular weight is 237 g/mol. The maximum atomic E-state index is 8.55. The zero-order valence-corrected chi connectivity index (χ0v) is 10.1. The van der Waals surface area contributed by atoms with Crippen molar-refractivity contribution in [1.82, 2.24) is 4.98 Å². The van der Waals surface area contributed by atoms with Crippen LogP contribution in [0.1, 0.15) is 38.2 Å². The number of amidine groups is 1. The summed E-state index contributed by atoms with van der Waals surface area (Å²) in [6, 6.07) is 3.33. The molecule has 0 aliphatic carbocycles. The number of unbranched alkanes of at least 4 members (excludes halogenated alkanes) is 3. The minimum atomic E-state index is 0.0585. The van der Waals surface area contributed by atoms with Gasteiger partial charge in [-0.15, -0.1) is 0 Å². The van der Waals surface area contributed by atoms with E-state index in [1.54, 1.807) is 18.3 Å². The summed E-state index contributed by atoms with van der Waals surface area (Å²) in [5.74, 6) is 0.564. The minimum Gasteiger partial charge on any atom is -0.478 e. The summed E-state index contributed by atoms with van der Waals surface area (Å²) in [6.45, 7) is 2.81. The molecule has 0 aromatic carbocycles. The maximum absolute atomic E-state index is 8.55. The van der Waals surface area contributed by atoms with Gasteiger partial charge in [-0.2, -0.15) is 0 Å². The van der Waals surface area contributed by atoms with Crippen LogP contribution in [0.4, 0.5) is 0 Å². The number of pyridine rings is 1. The summed E-state index contributed by atoms with van der Waals surface area (Å²) >= 11 is 0. The molecular formula is C12H19N3O2. The summed E-state index contributed by atoms with van der Waals surface area (Å²) in [5, 5.41) is 11.5. The molecule has 0 saturated carbocycles. The Balaban J connectivity index is 2.43. The summed E-state index contributed by atoms with van der Waals surface area (Å²) in [4.78, 5) is 4.06. The zero-order chi connectivity index (χ0) is 12.5. The number of oxime groups is 1. The molecule has 94 valence electrons. The lowest BCUT2D eigenvalue weighted by Gasteiger charge is -2.06. The van der Waals surface area contributed by atoms with Crippen molar-refractivity contribution in [1.29, 1.82) is 0 Å². The lowest BCUT2D eigenvalue weighted by molar-refractivity contribution is 0.293. The van der Waals surface area contributed by atoms with Crippen molar-refractivity contribution in [3.63, 3.8) is 0 Å². The summed E-state index contributed by atoms with van der Waals surface area (Å²) in [5.41, 5.74) is 6.08. The molecule has 0 aliphatic rings. The van der Waals surface area contributed by atoms with Crippen LogP contribution in [-0.4, -0.2) is 22.6 Å². The van der Waals surface area contributed by atoms with Gasteiger partial charge in [0.15, 0.2) is 5.84 Å². The highest BCUT2D eigenvalue weighted by molar-refractivity contribution is 5.97. The minimum absolute atomic E-state index is 0.0585. The third-order valence-corrected chi connectivity index (χ3v) is 2.39. The SMILES string of the molecule is CCCCCCOc1cc(/C(N)=N/O)ccn1. The zero-order valence-electron chi connectivity index (χ0n) is 10.1. The molecule has 0 saturated heterocycles. The summed E-state index contributed by atoms with van der Waals surface area (Å²) < 4.78 is 5.48. The first-order chi connectivity index (χ1) is 8.27. The molecule has 5 nitrogen and oxygen atoms in total. The van der Waals surface area contributed by atoms with Crippen molar-refractivity contribution in [2.24, 2.45) is 10.9 Å². The first-order valence-electron chi connectivity index (χ1n) is 5.84. The normalized spacial score (nSPS) is 11.5. The molecule has 0 aliphatic heterocycles. The van der Waals surface area contributed by atoms with Gasteiger partial charge >= 0.3 is 0 Å². The molecule has 0 unspecified atom stereocenters. The van der Waals surface area contributed by atoms with Gasteiger partial charge in [-0.3, -0.25) is 0 Å². The molecule has 3 N–H and O–H groups in total. The van der Waals surface area contributed by atoms with E-state index in [1.807, 2.05) is 0 Å². The number of nitrogens with zero attached hydrogens (tertiary/aromatic N) is 2. The van der Waals surface area contributed by atoms with Crippen LogP contribution in [0.25, 0.3) is 0 Å². The van der Waals surface area contributed by atoms with E-state index in [1.165, 1.54) is 12.8 Å². The van der Waals surface area contributed by atoms with Crippen LogP contribution in [-0.2, 0) is 0 Å². The molecule has 1 aromatic heterocycles. The van der Waals surface area contributed by atoms with Gasteiger partial charge < -0.3 is 15.7 Å². The molecule has 1 rings (SSSR count). The molecule has 0 atom stereocenters. The molecule has 17 heavy (non-hydrogen) atoms. The van der Waals surface area contributed by atoms with E-state index < -0.39 is 0 Å². The Morgan fingerprint density at radius 1 is 1.47 bits per heavy atom. The Bertz CT molecular complexity index is 367. The van der Waals surface area contributed by atoms with Gasteiger partial charge in [0, 0.05) is 17.8 Å². The van der Waals surface area contributed by atoms with Crippen LogP contribution < -0.4 is 10.5 Å². The highest BCUT2D eigenvalue weighted by Gasteiger charge is 2.02. The molecule has 5 heteroatoms. The monoisotopic (exact) mass is 237 g/mol. The van der Waals surface area contributed by atoms with Crippen LogP contribution in [0.2, 0.25) is 0 Å². The van der Waals surface area contributed by atoms with Crippen LogP contribution in [0, 0.1) is 0 Å². The first-order valence-corrected chi connectivity index (χ1v) is 5.84. The van der Waals surface area contributed by atoms with Crippen molar-refractivity contribution in [2.75, 3.05) is 6.61 Å². The van der Waals surface area contributed by atoms with Crippen LogP contribution in [0.15, 0.2) is 23.5 Å². The second-order valence-corrected chi connectivity index (χ2v) is 3.78. The lowest BCUT2D eigenvalue weighted by atomic mass is 10.2. The van der Waals surface area contributed by atoms with E-state index in [2.05, 4.69) is 17.1 Å². The summed E-state index contributed by atoms with van der Waals surface area (Å²) in [7, 11) is 0. The van der Waals surface area contributed by atoms with Gasteiger partial charge in [0.1, 0.15) is 0 Å². The Morgan fingerprint density at radius 2 is 2.29 bits per heavy atom. The predicted octanol–water partition coefficient (Wildman–Crippen LogP) is 2.14. The lowest BCUT2D eigenvalue weighted by Crippen LogP contribution is -2.13. The topological polar surface area (TPSA) is 80.7 Å². The Hall–Kier alpha value is -1.78. The van der Waals surface area contributed by atoms with Gasteiger partial charge in [-0.25, -0.2) is 4.98 Å². The molecular weight excluding hydrogens is 218 g/mol. The van der Waals surface area contributed by atoms with Crippen molar-refractivity contribution in [2.45, 2.75) is 32.6 Å². The van der Waals surface area contributed by atoms with Crippen molar-refractivity contribution < 1.29 is 9.94 Å². The van der Waals surface area contributed by atoms with Crippen molar-refractivity contribution in [3.8, 4) is 5.88 Å². The first kappa shape index (κ1) is 13.3. The van der Waals surface area contributed by atoms with Gasteiger partial charge in [-0.1, -0.05) is 31.3 Å². The molecule has 0 fully saturated rings. The van der Waals surface area contributed by atoms with E-state index in [-0.39, 0.29) is 5.84 Å². The van der Waals surface area contributed by atoms with Crippen molar-refractivity contribution in [3.05, 3.63) is 23.9 Å². The molecule has 0 bridgehead atoms. The number of nitrogens with two attached hydrogens (primary N) is 1. The predicted molar refractivity (Wildman–Crippen MR) is 66.4 cm³/mol. The largest absolute Gasteiger partial charge is 0.478 e. The number of ether oxygens (including phenoxy) is 1. The fourth-order valence-electron chi connectivity index (χ4n) is 1.41. The quantitative estimate of drug-likeness (QED) is 0.250. The molecule has 1 heterocycles. The fraction of sp³-hybridized carbons (Fsp3) is 0.500. The number of rotatable bonds is 7. The van der Waals surface area contributed by atoms with E-state index in [0.29, 0.717) is 18.1 Å². The van der Waals surface area contributed by atoms with Crippen molar-refractivity contribution >= 4 is 5.84 Å². The number of aromatic nitrogens is 1. The van der Waals surface area contributed by atoms with Crippen LogP contribution >= 0.6 is 0 Å². The fourth-order valence-corrected chi connectivity index (χ4v) is 1.41. The second-order valence-electron chi connectivity index (χ2n) is 3.78. The highest BCUT2D eigenvalue weighted by atomic mass is 16.5. The maximum Gasteiger partial charge on any atom is 0.213 e.